The topological polar surface area (TPSA) is 0 Å². The van der Waals surface area contributed by atoms with Gasteiger partial charge in [0.2, 0.25) is 0 Å². The zero-order valence-electron chi connectivity index (χ0n) is 39.5. The average Bonchev–Trinajstić information content (AvgIpc) is 3.12. The number of terminal acetylenes is 2. The van der Waals surface area contributed by atoms with Gasteiger partial charge in [-0.2, -0.15) is 0 Å². The van der Waals surface area contributed by atoms with Gasteiger partial charge >= 0.3 is 0 Å². The molecule has 0 atom stereocenters. The molecule has 0 saturated carbocycles. The molecule has 0 heterocycles. The van der Waals surface area contributed by atoms with E-state index in [1.54, 1.807) is 25.1 Å². The van der Waals surface area contributed by atoms with E-state index >= 15 is 0 Å². The molecular weight excluding hydrogens is 749 g/mol. The molecule has 0 nitrogen and oxygen atoms in total. The van der Waals surface area contributed by atoms with Gasteiger partial charge < -0.3 is 0 Å². The van der Waals surface area contributed by atoms with Gasteiger partial charge in [0.25, 0.3) is 0 Å². The third-order valence-corrected chi connectivity index (χ3v) is 9.55. The van der Waals surface area contributed by atoms with Crippen molar-refractivity contribution in [2.45, 2.75) is 145 Å². The minimum Gasteiger partial charge on any atom is -0.207 e. The molecule has 0 N–H and O–H groups in total. The summed E-state index contributed by atoms with van der Waals surface area (Å²) in [6.07, 6.45) is 10.5. The molecule has 0 aliphatic carbocycles. The predicted molar refractivity (Wildman–Crippen MR) is 251 cm³/mol. The van der Waals surface area contributed by atoms with Crippen LogP contribution in [-0.4, -0.2) is 0 Å². The normalized spacial score (nSPS) is 11.4. The Hall–Kier alpha value is -5.06. The van der Waals surface area contributed by atoms with E-state index in [4.69, 9.17) is 12.8 Å². The minimum absolute atomic E-state index is 0.0132. The smallest absolute Gasteiger partial charge is 0.138 e. The molecule has 0 fully saturated rings. The van der Waals surface area contributed by atoms with Crippen molar-refractivity contribution in [3.05, 3.63) is 176 Å². The molecule has 0 aliphatic rings. The van der Waals surface area contributed by atoms with Gasteiger partial charge in [-0.1, -0.05) is 170 Å². The lowest BCUT2D eigenvalue weighted by Crippen LogP contribution is -2.13. The van der Waals surface area contributed by atoms with Crippen LogP contribution < -0.4 is 0 Å². The third kappa shape index (κ3) is 18.5. The minimum atomic E-state index is -0.324. The molecule has 0 bridgehead atoms. The molecule has 0 amide bonds. The second kappa shape index (κ2) is 22.0. The van der Waals surface area contributed by atoms with E-state index in [0.717, 1.165) is 27.8 Å². The number of halogens is 4. The molecule has 0 saturated heterocycles. The highest BCUT2D eigenvalue weighted by molar-refractivity contribution is 5.39. The van der Waals surface area contributed by atoms with Gasteiger partial charge in [0.15, 0.2) is 0 Å². The highest BCUT2D eigenvalue weighted by atomic mass is 19.1. The van der Waals surface area contributed by atoms with E-state index in [2.05, 4.69) is 107 Å². The third-order valence-electron chi connectivity index (χ3n) is 9.55. The van der Waals surface area contributed by atoms with E-state index in [1.165, 1.54) is 41.0 Å². The fraction of sp³-hybridized carbons (Fsp3) is 0.393. The van der Waals surface area contributed by atoms with Gasteiger partial charge in [0, 0.05) is 5.56 Å². The lowest BCUT2D eigenvalue weighted by atomic mass is 9.86. The second-order valence-corrected chi connectivity index (χ2v) is 20.3. The summed E-state index contributed by atoms with van der Waals surface area (Å²) in [6, 6.07) is 30.4. The number of hydrogen-bond acceptors (Lipinski definition) is 0. The summed E-state index contributed by atoms with van der Waals surface area (Å²) in [5.41, 5.74) is 8.81. The van der Waals surface area contributed by atoms with Crippen molar-refractivity contribution in [1.29, 1.82) is 0 Å². The van der Waals surface area contributed by atoms with E-state index in [-0.39, 0.29) is 50.3 Å². The van der Waals surface area contributed by atoms with E-state index in [1.807, 2.05) is 76.2 Å². The molecule has 0 radical (unpaired) electrons. The Morgan fingerprint density at radius 2 is 0.850 bits per heavy atom. The Balaban J connectivity index is 0.000000375. The van der Waals surface area contributed by atoms with Crippen LogP contribution in [0.1, 0.15) is 154 Å². The molecule has 0 aromatic heterocycles. The van der Waals surface area contributed by atoms with Crippen LogP contribution >= 0.6 is 0 Å². The number of benzene rings is 5. The van der Waals surface area contributed by atoms with Crippen molar-refractivity contribution in [1.82, 2.24) is 0 Å². The maximum Gasteiger partial charge on any atom is 0.138 e. The van der Waals surface area contributed by atoms with Crippen LogP contribution in [0.3, 0.4) is 0 Å². The summed E-state index contributed by atoms with van der Waals surface area (Å²) in [4.78, 5) is 0. The maximum absolute atomic E-state index is 13.3. The SMILES string of the molecule is C#Cc1cc(C(C)(C)C)ccc1F.C#Cc1cccc(C(C)(C)C)c1.CC(C)(C)c1ccc(F)cc1.Cc1cc(C(C)(C)C)ccc1F.Cc1ccc(C(C)(C)C)c(F)c1. The van der Waals surface area contributed by atoms with Crippen LogP contribution in [0.2, 0.25) is 0 Å². The van der Waals surface area contributed by atoms with Crippen molar-refractivity contribution >= 4 is 0 Å². The first-order chi connectivity index (χ1) is 27.3. The van der Waals surface area contributed by atoms with Crippen molar-refractivity contribution in [3.8, 4) is 24.7 Å². The molecule has 60 heavy (non-hydrogen) atoms. The fourth-order valence-corrected chi connectivity index (χ4v) is 5.47. The first-order valence-corrected chi connectivity index (χ1v) is 20.4. The van der Waals surface area contributed by atoms with E-state index in [0.29, 0.717) is 5.56 Å². The Morgan fingerprint density at radius 3 is 1.27 bits per heavy atom. The van der Waals surface area contributed by atoms with Crippen LogP contribution in [0.4, 0.5) is 17.6 Å². The zero-order chi connectivity index (χ0) is 46.4. The summed E-state index contributed by atoms with van der Waals surface area (Å²) < 4.78 is 51.7. The summed E-state index contributed by atoms with van der Waals surface area (Å²) in [5, 5.41) is 0. The van der Waals surface area contributed by atoms with Crippen LogP contribution in [0.5, 0.6) is 0 Å². The molecule has 322 valence electrons. The Kier molecular flexibility index (Phi) is 19.4. The predicted octanol–water partition coefficient (Wildman–Crippen LogP) is 16.1. The molecule has 4 heteroatoms. The van der Waals surface area contributed by atoms with Crippen LogP contribution in [0.15, 0.2) is 103 Å². The summed E-state index contributed by atoms with van der Waals surface area (Å²) >= 11 is 0. The first-order valence-electron chi connectivity index (χ1n) is 20.4. The van der Waals surface area contributed by atoms with Crippen LogP contribution in [0.25, 0.3) is 0 Å². The molecular formula is C56H70F4. The van der Waals surface area contributed by atoms with E-state index in [9.17, 15) is 17.6 Å². The van der Waals surface area contributed by atoms with Gasteiger partial charge in [-0.25, -0.2) is 17.6 Å². The average molecular weight is 819 g/mol. The highest BCUT2D eigenvalue weighted by Crippen LogP contribution is 2.27. The number of rotatable bonds is 0. The second-order valence-electron chi connectivity index (χ2n) is 20.3. The van der Waals surface area contributed by atoms with E-state index < -0.39 is 0 Å². The standard InChI is InChI=1S/C12H13F.C12H14.2C11H15F.C10H13F/c1-5-9-8-10(12(2,3)4)6-7-11(9)13;1-5-10-7-6-8-11(9-10)12(2,3)4;1-8-7-9(11(2,3)4)5-6-10(8)12;1-8-5-6-9(10(12)7-8)11(2,3)4;1-10(2,3)8-4-6-9(11)7-5-8/h1,6-8H,2-4H3;1,6-9H,2-4H3;2*5-7H,1-4H3;4-7H,1-3H3. The molecule has 0 spiro atoms. The molecule has 0 aliphatic heterocycles. The van der Waals surface area contributed by atoms with Crippen LogP contribution in [-0.2, 0) is 27.1 Å². The monoisotopic (exact) mass is 819 g/mol. The van der Waals surface area contributed by atoms with Gasteiger partial charge in [0.1, 0.15) is 23.3 Å². The lowest BCUT2D eigenvalue weighted by molar-refractivity contribution is 0.522. The lowest BCUT2D eigenvalue weighted by Gasteiger charge is -2.19. The van der Waals surface area contributed by atoms with Crippen molar-refractivity contribution in [2.24, 2.45) is 0 Å². The van der Waals surface area contributed by atoms with Gasteiger partial charge in [-0.3, -0.25) is 0 Å². The fourth-order valence-electron chi connectivity index (χ4n) is 5.47. The summed E-state index contributed by atoms with van der Waals surface area (Å²) in [6.45, 7) is 35.2. The Labute approximate surface area is 362 Å². The van der Waals surface area contributed by atoms with Gasteiger partial charge in [-0.15, -0.1) is 12.8 Å². The van der Waals surface area contributed by atoms with Crippen LogP contribution in [0, 0.1) is 61.8 Å². The summed E-state index contributed by atoms with van der Waals surface area (Å²) in [5.74, 6) is 4.26. The zero-order valence-corrected chi connectivity index (χ0v) is 39.5. The maximum atomic E-state index is 13.3. The van der Waals surface area contributed by atoms with Crippen molar-refractivity contribution < 1.29 is 17.6 Å². The molecule has 0 unspecified atom stereocenters. The summed E-state index contributed by atoms with van der Waals surface area (Å²) in [7, 11) is 0. The Bertz CT molecular complexity index is 2190. The van der Waals surface area contributed by atoms with Crippen molar-refractivity contribution in [3.63, 3.8) is 0 Å². The number of aryl methyl sites for hydroxylation is 2. The Morgan fingerprint density at radius 1 is 0.400 bits per heavy atom. The number of hydrogen-bond donors (Lipinski definition) is 0. The van der Waals surface area contributed by atoms with Crippen molar-refractivity contribution in [2.75, 3.05) is 0 Å². The molecule has 5 aromatic rings. The molecule has 5 aromatic carbocycles. The quantitative estimate of drug-likeness (QED) is 0.108. The van der Waals surface area contributed by atoms with Gasteiger partial charge in [0.05, 0.1) is 5.56 Å². The van der Waals surface area contributed by atoms with Gasteiger partial charge in [-0.05, 0) is 128 Å². The highest BCUT2D eigenvalue weighted by Gasteiger charge is 2.18. The molecule has 5 rings (SSSR count). The first kappa shape index (κ1) is 53.0. The largest absolute Gasteiger partial charge is 0.207 e.